The molecule has 0 radical (unpaired) electrons. The van der Waals surface area contributed by atoms with E-state index in [0.29, 0.717) is 17.9 Å². The van der Waals surface area contributed by atoms with Crippen LogP contribution in [-0.4, -0.2) is 20.9 Å². The molecule has 150 valence electrons. The van der Waals surface area contributed by atoms with Crippen LogP contribution in [-0.2, 0) is 9.53 Å². The first-order valence-electron chi connectivity index (χ1n) is 9.23. The largest absolute Gasteiger partial charge is 0.365 e. The van der Waals surface area contributed by atoms with Crippen LogP contribution in [0.3, 0.4) is 0 Å². The Kier molecular flexibility index (Phi) is 5.90. The highest BCUT2D eigenvalue weighted by atomic mass is 127. The highest BCUT2D eigenvalue weighted by Crippen LogP contribution is 2.38. The lowest BCUT2D eigenvalue weighted by Gasteiger charge is -2.34. The van der Waals surface area contributed by atoms with Crippen LogP contribution >= 0.6 is 50.1 Å². The number of benzene rings is 2. The van der Waals surface area contributed by atoms with Gasteiger partial charge >= 0.3 is 0 Å². The van der Waals surface area contributed by atoms with Gasteiger partial charge in [0.1, 0.15) is 17.7 Å². The monoisotopic (exact) mass is 584 g/mol. The van der Waals surface area contributed by atoms with Crippen molar-refractivity contribution in [3.63, 3.8) is 0 Å². The molecule has 1 saturated heterocycles. The smallest absolute Gasteiger partial charge is 0.146 e. The molecular weight excluding hydrogens is 567 g/mol. The second-order valence-electron chi connectivity index (χ2n) is 7.72. The highest BCUT2D eigenvalue weighted by molar-refractivity contribution is 14.1. The number of aromatic nitrogens is 2. The quantitative estimate of drug-likeness (QED) is 0.319. The number of ketones is 1. The zero-order valence-electron chi connectivity index (χ0n) is 16.0. The number of nitrogens with zero attached hydrogens (tertiary/aromatic N) is 2. The van der Waals surface area contributed by atoms with E-state index in [0.717, 1.165) is 30.8 Å². The van der Waals surface area contributed by atoms with Crippen molar-refractivity contribution in [2.24, 2.45) is 0 Å². The highest BCUT2D eigenvalue weighted by Gasteiger charge is 2.36. The standard InChI is InChI=1S/C22H19BrClIN2O2/c1-22(2)11-14(28)10-20(29-22)18-12-27(19-8-7-13(23)9-17(19)25)21(26-18)15-5-3-4-6-16(15)24/h3-9,12,20H,10-11H2,1-2H3. The van der Waals surface area contributed by atoms with Gasteiger partial charge in [0, 0.05) is 32.6 Å². The van der Waals surface area contributed by atoms with E-state index < -0.39 is 5.60 Å². The first-order valence-corrected chi connectivity index (χ1v) is 11.5. The Morgan fingerprint density at radius 2 is 2.03 bits per heavy atom. The van der Waals surface area contributed by atoms with E-state index in [1.807, 2.05) is 61.0 Å². The molecular formula is C22H19BrClIN2O2. The third kappa shape index (κ3) is 4.45. The maximum Gasteiger partial charge on any atom is 0.146 e. The Balaban J connectivity index is 1.87. The molecule has 1 unspecified atom stereocenters. The lowest BCUT2D eigenvalue weighted by Crippen LogP contribution is -2.36. The Labute approximate surface area is 196 Å². The van der Waals surface area contributed by atoms with Gasteiger partial charge in [0.25, 0.3) is 0 Å². The zero-order chi connectivity index (χ0) is 20.8. The topological polar surface area (TPSA) is 44.1 Å². The maximum atomic E-state index is 12.3. The van der Waals surface area contributed by atoms with Crippen LogP contribution in [0.1, 0.15) is 38.5 Å². The maximum absolute atomic E-state index is 12.3. The van der Waals surface area contributed by atoms with Gasteiger partial charge in [-0.15, -0.1) is 0 Å². The van der Waals surface area contributed by atoms with Crippen molar-refractivity contribution in [3.8, 4) is 17.1 Å². The van der Waals surface area contributed by atoms with Gasteiger partial charge in [-0.25, -0.2) is 4.98 Å². The molecule has 4 rings (SSSR count). The summed E-state index contributed by atoms with van der Waals surface area (Å²) in [6.45, 7) is 3.89. The Bertz CT molecular complexity index is 1100. The van der Waals surface area contributed by atoms with Gasteiger partial charge in [-0.3, -0.25) is 9.36 Å². The van der Waals surface area contributed by atoms with E-state index in [1.165, 1.54) is 0 Å². The third-order valence-electron chi connectivity index (χ3n) is 4.84. The Morgan fingerprint density at radius 3 is 2.72 bits per heavy atom. The number of carbonyl (C=O) groups excluding carboxylic acids is 1. The number of imidazole rings is 1. The average molecular weight is 586 g/mol. The van der Waals surface area contributed by atoms with Gasteiger partial charge in [0.2, 0.25) is 0 Å². The van der Waals surface area contributed by atoms with E-state index >= 15 is 0 Å². The normalized spacial score (nSPS) is 18.8. The van der Waals surface area contributed by atoms with E-state index in [4.69, 9.17) is 21.3 Å². The van der Waals surface area contributed by atoms with Crippen molar-refractivity contribution >= 4 is 55.9 Å². The van der Waals surface area contributed by atoms with Crippen molar-refractivity contribution in [2.75, 3.05) is 0 Å². The summed E-state index contributed by atoms with van der Waals surface area (Å²) in [7, 11) is 0. The molecule has 0 saturated carbocycles. The summed E-state index contributed by atoms with van der Waals surface area (Å²) in [6, 6.07) is 13.7. The molecule has 0 aliphatic carbocycles. The molecule has 3 aromatic rings. The fraction of sp³-hybridized carbons (Fsp3) is 0.273. The third-order valence-corrected chi connectivity index (χ3v) is 6.52. The minimum Gasteiger partial charge on any atom is -0.365 e. The molecule has 0 spiro atoms. The molecule has 0 amide bonds. The number of carbonyl (C=O) groups is 1. The SMILES string of the molecule is CC1(C)CC(=O)CC(c2cn(-c3ccc(Br)cc3I)c(-c3ccccc3Cl)n2)O1. The molecule has 1 fully saturated rings. The van der Waals surface area contributed by atoms with Gasteiger partial charge in [0.15, 0.2) is 0 Å². The van der Waals surface area contributed by atoms with Crippen molar-refractivity contribution in [3.05, 3.63) is 67.4 Å². The average Bonchev–Trinajstić information content (AvgIpc) is 3.05. The van der Waals surface area contributed by atoms with Gasteiger partial charge < -0.3 is 4.74 Å². The fourth-order valence-electron chi connectivity index (χ4n) is 3.63. The summed E-state index contributed by atoms with van der Waals surface area (Å²) in [6.07, 6.45) is 2.34. The molecule has 2 aromatic carbocycles. The molecule has 7 heteroatoms. The second-order valence-corrected chi connectivity index (χ2v) is 10.2. The lowest BCUT2D eigenvalue weighted by atomic mass is 9.93. The van der Waals surface area contributed by atoms with Crippen molar-refractivity contribution in [1.82, 2.24) is 9.55 Å². The van der Waals surface area contributed by atoms with Gasteiger partial charge in [0.05, 0.1) is 22.0 Å². The van der Waals surface area contributed by atoms with Gasteiger partial charge in [-0.2, -0.15) is 0 Å². The molecule has 0 bridgehead atoms. The number of halogens is 3. The number of hydrogen-bond acceptors (Lipinski definition) is 3. The van der Waals surface area contributed by atoms with Gasteiger partial charge in [-0.05, 0) is 66.8 Å². The summed E-state index contributed by atoms with van der Waals surface area (Å²) < 4.78 is 10.3. The fourth-order valence-corrected chi connectivity index (χ4v) is 5.42. The predicted octanol–water partition coefficient (Wildman–Crippen LogP) is 6.76. The van der Waals surface area contributed by atoms with Crippen molar-refractivity contribution < 1.29 is 9.53 Å². The minimum atomic E-state index is -0.500. The van der Waals surface area contributed by atoms with Crippen LogP contribution < -0.4 is 0 Å². The molecule has 1 aliphatic rings. The summed E-state index contributed by atoms with van der Waals surface area (Å²) in [5.41, 5.74) is 2.06. The number of ether oxygens (including phenoxy) is 1. The van der Waals surface area contributed by atoms with Crippen LogP contribution in [0.2, 0.25) is 5.02 Å². The van der Waals surface area contributed by atoms with E-state index in [2.05, 4.69) is 44.6 Å². The van der Waals surface area contributed by atoms with E-state index in [-0.39, 0.29) is 11.9 Å². The molecule has 1 aliphatic heterocycles. The van der Waals surface area contributed by atoms with E-state index in [9.17, 15) is 4.79 Å². The summed E-state index contributed by atoms with van der Waals surface area (Å²) >= 11 is 12.3. The van der Waals surface area contributed by atoms with Crippen LogP contribution in [0.4, 0.5) is 0 Å². The van der Waals surface area contributed by atoms with Crippen LogP contribution in [0.25, 0.3) is 17.1 Å². The summed E-state index contributed by atoms with van der Waals surface area (Å²) in [5.74, 6) is 0.920. The number of hydrogen-bond donors (Lipinski definition) is 0. The predicted molar refractivity (Wildman–Crippen MR) is 127 cm³/mol. The number of rotatable bonds is 3. The lowest BCUT2D eigenvalue weighted by molar-refractivity contribution is -0.149. The van der Waals surface area contributed by atoms with E-state index in [1.54, 1.807) is 0 Å². The Morgan fingerprint density at radius 1 is 1.28 bits per heavy atom. The molecule has 1 atom stereocenters. The molecule has 4 nitrogen and oxygen atoms in total. The van der Waals surface area contributed by atoms with Crippen molar-refractivity contribution in [1.29, 1.82) is 0 Å². The molecule has 29 heavy (non-hydrogen) atoms. The van der Waals surface area contributed by atoms with Crippen LogP contribution in [0.5, 0.6) is 0 Å². The van der Waals surface area contributed by atoms with Crippen LogP contribution in [0.15, 0.2) is 53.1 Å². The minimum absolute atomic E-state index is 0.193. The van der Waals surface area contributed by atoms with Gasteiger partial charge in [-0.1, -0.05) is 39.7 Å². The first kappa shape index (κ1) is 21.0. The Hall–Kier alpha value is -1.22. The summed E-state index contributed by atoms with van der Waals surface area (Å²) in [4.78, 5) is 17.2. The first-order chi connectivity index (χ1) is 13.7. The second kappa shape index (κ2) is 8.13. The molecule has 2 heterocycles. The van der Waals surface area contributed by atoms with Crippen LogP contribution in [0, 0.1) is 3.57 Å². The molecule has 0 N–H and O–H groups in total. The number of Topliss-reactive ketones (excluding diaryl/α,β-unsaturated/α-hetero) is 1. The molecule has 1 aromatic heterocycles. The van der Waals surface area contributed by atoms with Crippen molar-refractivity contribution in [2.45, 2.75) is 38.4 Å². The zero-order valence-corrected chi connectivity index (χ0v) is 20.5. The summed E-state index contributed by atoms with van der Waals surface area (Å²) in [5, 5.41) is 0.624.